The van der Waals surface area contributed by atoms with E-state index in [0.717, 1.165) is 22.7 Å². The van der Waals surface area contributed by atoms with Gasteiger partial charge >= 0.3 is 0 Å². The van der Waals surface area contributed by atoms with Crippen LogP contribution in [-0.4, -0.2) is 4.57 Å². The molecular weight excluding hydrogens is 569 g/mol. The Labute approximate surface area is 277 Å². The van der Waals surface area contributed by atoms with Crippen molar-refractivity contribution in [1.29, 1.82) is 0 Å². The van der Waals surface area contributed by atoms with Crippen molar-refractivity contribution in [2.24, 2.45) is 0 Å². The Morgan fingerprint density at radius 1 is 0.617 bits per heavy atom. The van der Waals surface area contributed by atoms with Gasteiger partial charge in [-0.15, -0.1) is 0 Å². The van der Waals surface area contributed by atoms with E-state index in [1.807, 2.05) is 0 Å². The van der Waals surface area contributed by atoms with Crippen LogP contribution in [-0.2, 0) is 5.41 Å². The van der Waals surface area contributed by atoms with E-state index in [-0.39, 0.29) is 5.41 Å². The van der Waals surface area contributed by atoms with Crippen molar-refractivity contribution >= 4 is 44.4 Å². The maximum Gasteiger partial charge on any atom is 0.0562 e. The van der Waals surface area contributed by atoms with E-state index in [4.69, 9.17) is 0 Å². The first-order valence-electron chi connectivity index (χ1n) is 16.5. The molecule has 0 saturated heterocycles. The first-order valence-corrected chi connectivity index (χ1v) is 16.5. The number of nitrogens with zero attached hydrogens (tertiary/aromatic N) is 2. The SMILES string of the molecule is C/C=C\C1=C(C)c2cc(-c3ccc(N(c4ccccc4)c4cccc5c4c4ccccc4n5-c4ccccc4)cc3)ccc2C1(C)C. The van der Waals surface area contributed by atoms with Gasteiger partial charge in [0.2, 0.25) is 0 Å². The van der Waals surface area contributed by atoms with Crippen LogP contribution >= 0.6 is 0 Å². The van der Waals surface area contributed by atoms with Gasteiger partial charge in [0.15, 0.2) is 0 Å². The molecule has 1 aliphatic rings. The van der Waals surface area contributed by atoms with Crippen molar-refractivity contribution in [3.05, 3.63) is 174 Å². The van der Waals surface area contributed by atoms with E-state index in [0.29, 0.717) is 0 Å². The number of anilines is 3. The van der Waals surface area contributed by atoms with E-state index in [2.05, 4.69) is 195 Å². The Kier molecular flexibility index (Phi) is 6.95. The van der Waals surface area contributed by atoms with Gasteiger partial charge in [-0.2, -0.15) is 0 Å². The maximum atomic E-state index is 2.40. The van der Waals surface area contributed by atoms with Gasteiger partial charge in [-0.05, 0) is 108 Å². The summed E-state index contributed by atoms with van der Waals surface area (Å²) in [7, 11) is 0. The van der Waals surface area contributed by atoms with Crippen LogP contribution in [0.2, 0.25) is 0 Å². The summed E-state index contributed by atoms with van der Waals surface area (Å²) in [5, 5.41) is 2.47. The molecule has 228 valence electrons. The quantitative estimate of drug-likeness (QED) is 0.183. The van der Waals surface area contributed by atoms with E-state index in [1.165, 1.54) is 55.2 Å². The maximum absolute atomic E-state index is 2.40. The molecule has 0 aliphatic heterocycles. The van der Waals surface area contributed by atoms with Crippen LogP contribution in [0.1, 0.15) is 38.8 Å². The summed E-state index contributed by atoms with van der Waals surface area (Å²) in [5.74, 6) is 0. The smallest absolute Gasteiger partial charge is 0.0562 e. The van der Waals surface area contributed by atoms with Gasteiger partial charge in [0.05, 0.1) is 16.7 Å². The largest absolute Gasteiger partial charge is 0.310 e. The molecule has 2 nitrogen and oxygen atoms in total. The molecule has 1 heterocycles. The summed E-state index contributed by atoms with van der Waals surface area (Å²) in [4.78, 5) is 2.40. The highest BCUT2D eigenvalue weighted by Gasteiger charge is 2.34. The lowest BCUT2D eigenvalue weighted by Gasteiger charge is -2.27. The van der Waals surface area contributed by atoms with E-state index in [9.17, 15) is 0 Å². The Balaban J connectivity index is 1.28. The Morgan fingerprint density at radius 2 is 1.26 bits per heavy atom. The molecule has 0 atom stereocenters. The summed E-state index contributed by atoms with van der Waals surface area (Å²) >= 11 is 0. The summed E-state index contributed by atoms with van der Waals surface area (Å²) in [5.41, 5.74) is 15.0. The highest BCUT2D eigenvalue weighted by Crippen LogP contribution is 2.48. The van der Waals surface area contributed by atoms with E-state index in [1.54, 1.807) is 0 Å². The molecular formula is C45H38N2. The minimum absolute atomic E-state index is 0.00908. The second-order valence-corrected chi connectivity index (χ2v) is 13.0. The normalized spacial score (nSPS) is 14.0. The van der Waals surface area contributed by atoms with Crippen LogP contribution in [0.5, 0.6) is 0 Å². The molecule has 0 saturated carbocycles. The van der Waals surface area contributed by atoms with Gasteiger partial charge in [0.25, 0.3) is 0 Å². The molecule has 8 rings (SSSR count). The van der Waals surface area contributed by atoms with Crippen LogP contribution in [0, 0.1) is 0 Å². The third-order valence-corrected chi connectivity index (χ3v) is 9.91. The summed E-state index contributed by atoms with van der Waals surface area (Å²) in [6.07, 6.45) is 4.43. The molecule has 0 fully saturated rings. The molecule has 7 aromatic rings. The second kappa shape index (κ2) is 11.3. The topological polar surface area (TPSA) is 8.17 Å². The molecule has 0 spiro atoms. The zero-order chi connectivity index (χ0) is 32.1. The molecule has 0 amide bonds. The third kappa shape index (κ3) is 4.63. The van der Waals surface area contributed by atoms with Crippen LogP contribution < -0.4 is 4.90 Å². The number of hydrogen-bond acceptors (Lipinski definition) is 1. The fraction of sp³-hybridized carbons (Fsp3) is 0.111. The highest BCUT2D eigenvalue weighted by atomic mass is 15.1. The van der Waals surface area contributed by atoms with Gasteiger partial charge in [0.1, 0.15) is 0 Å². The van der Waals surface area contributed by atoms with Crippen LogP contribution in [0.4, 0.5) is 17.1 Å². The minimum atomic E-state index is 0.00908. The van der Waals surface area contributed by atoms with Crippen LogP contribution in [0.3, 0.4) is 0 Å². The monoisotopic (exact) mass is 606 g/mol. The van der Waals surface area contributed by atoms with Crippen molar-refractivity contribution in [2.45, 2.75) is 33.1 Å². The molecule has 0 unspecified atom stereocenters. The Bertz CT molecular complexity index is 2320. The molecule has 1 aromatic heterocycles. The van der Waals surface area contributed by atoms with Crippen molar-refractivity contribution in [3.63, 3.8) is 0 Å². The summed E-state index contributed by atoms with van der Waals surface area (Å²) in [6, 6.07) is 52.9. The van der Waals surface area contributed by atoms with Crippen molar-refractivity contribution < 1.29 is 0 Å². The van der Waals surface area contributed by atoms with Gasteiger partial charge in [-0.1, -0.05) is 111 Å². The number of hydrogen-bond donors (Lipinski definition) is 0. The summed E-state index contributed by atoms with van der Waals surface area (Å²) < 4.78 is 2.38. The lowest BCUT2D eigenvalue weighted by Crippen LogP contribution is -2.16. The second-order valence-electron chi connectivity index (χ2n) is 13.0. The van der Waals surface area contributed by atoms with Gasteiger partial charge < -0.3 is 9.47 Å². The number of benzene rings is 6. The Morgan fingerprint density at radius 3 is 2.00 bits per heavy atom. The predicted octanol–water partition coefficient (Wildman–Crippen LogP) is 12.6. The zero-order valence-corrected chi connectivity index (χ0v) is 27.4. The molecule has 0 radical (unpaired) electrons. The number of allylic oxidation sites excluding steroid dienone is 4. The predicted molar refractivity (Wildman–Crippen MR) is 201 cm³/mol. The first kappa shape index (κ1) is 28.8. The number of aromatic nitrogens is 1. The van der Waals surface area contributed by atoms with Crippen LogP contribution in [0.25, 0.3) is 44.2 Å². The van der Waals surface area contributed by atoms with Gasteiger partial charge in [-0.3, -0.25) is 0 Å². The van der Waals surface area contributed by atoms with Gasteiger partial charge in [0, 0.05) is 33.2 Å². The molecule has 0 N–H and O–H groups in total. The Hall–Kier alpha value is -5.60. The fourth-order valence-corrected chi connectivity index (χ4v) is 7.69. The average molecular weight is 607 g/mol. The molecule has 1 aliphatic carbocycles. The van der Waals surface area contributed by atoms with Crippen molar-refractivity contribution in [3.8, 4) is 16.8 Å². The highest BCUT2D eigenvalue weighted by molar-refractivity contribution is 6.16. The fourth-order valence-electron chi connectivity index (χ4n) is 7.69. The third-order valence-electron chi connectivity index (χ3n) is 9.91. The lowest BCUT2D eigenvalue weighted by atomic mass is 9.80. The molecule has 6 aromatic carbocycles. The number of para-hydroxylation sites is 3. The van der Waals surface area contributed by atoms with E-state index < -0.39 is 0 Å². The lowest BCUT2D eigenvalue weighted by molar-refractivity contribution is 0.654. The molecule has 0 bridgehead atoms. The molecule has 47 heavy (non-hydrogen) atoms. The van der Waals surface area contributed by atoms with Crippen LogP contribution in [0.15, 0.2) is 163 Å². The van der Waals surface area contributed by atoms with Crippen molar-refractivity contribution in [1.82, 2.24) is 4.57 Å². The minimum Gasteiger partial charge on any atom is -0.310 e. The average Bonchev–Trinajstić information content (AvgIpc) is 3.55. The number of fused-ring (bicyclic) bond motifs is 4. The van der Waals surface area contributed by atoms with E-state index >= 15 is 0 Å². The van der Waals surface area contributed by atoms with Gasteiger partial charge in [-0.25, -0.2) is 0 Å². The van der Waals surface area contributed by atoms with Crippen molar-refractivity contribution in [2.75, 3.05) is 4.90 Å². The number of rotatable bonds is 6. The first-order chi connectivity index (χ1) is 23.0. The summed E-state index contributed by atoms with van der Waals surface area (Å²) in [6.45, 7) is 9.04. The molecule has 2 heteroatoms. The zero-order valence-electron chi connectivity index (χ0n) is 27.4. The standard InChI is InChI=1S/C45H38N2/c1-5-15-39-31(2)38-30-33(26-29-40(38)45(39,3)4)32-24-27-36(28-25-32)46(34-16-8-6-9-17-34)42-22-14-23-43-44(42)37-20-12-13-21-41(37)47(43)35-18-10-7-11-19-35/h5-30H,1-4H3/b15-5-.